The van der Waals surface area contributed by atoms with Gasteiger partial charge in [0.25, 0.3) is 0 Å². The van der Waals surface area contributed by atoms with Crippen LogP contribution in [0, 0.1) is 0 Å². The number of rotatable bonds is 5. The minimum atomic E-state index is -4.42. The third-order valence-electron chi connectivity index (χ3n) is 4.62. The monoisotopic (exact) mass is 430 g/mol. The van der Waals surface area contributed by atoms with Crippen molar-refractivity contribution in [2.24, 2.45) is 4.99 Å². The van der Waals surface area contributed by atoms with E-state index in [0.29, 0.717) is 28.6 Å². The van der Waals surface area contributed by atoms with Crippen LogP contribution in [0.5, 0.6) is 0 Å². The van der Waals surface area contributed by atoms with E-state index >= 15 is 0 Å². The lowest BCUT2D eigenvalue weighted by Crippen LogP contribution is -2.15. The number of imidazole rings is 1. The molecular formula is C21H17F3N4O3. The quantitative estimate of drug-likeness (QED) is 0.404. The number of alkyl halides is 3. The van der Waals surface area contributed by atoms with E-state index in [-0.39, 0.29) is 22.5 Å². The zero-order valence-electron chi connectivity index (χ0n) is 16.2. The molecule has 160 valence electrons. The van der Waals surface area contributed by atoms with Crippen molar-refractivity contribution < 1.29 is 27.5 Å². The largest absolute Gasteiger partial charge is 0.476 e. The molecule has 31 heavy (non-hydrogen) atoms. The molecule has 1 aromatic carbocycles. The van der Waals surface area contributed by atoms with Crippen LogP contribution >= 0.6 is 0 Å². The Bertz CT molecular complexity index is 1310. The van der Waals surface area contributed by atoms with Crippen LogP contribution in [0.25, 0.3) is 33.6 Å². The van der Waals surface area contributed by atoms with Gasteiger partial charge in [0.05, 0.1) is 17.4 Å². The summed E-state index contributed by atoms with van der Waals surface area (Å²) in [6.07, 6.45) is -3.14. The number of hydrogen-bond donors (Lipinski definition) is 3. The first-order valence-corrected chi connectivity index (χ1v) is 9.35. The van der Waals surface area contributed by atoms with Crippen molar-refractivity contribution in [1.82, 2.24) is 9.97 Å². The fraction of sp³-hybridized carbons (Fsp3) is 0.190. The Labute approximate surface area is 173 Å². The van der Waals surface area contributed by atoms with Crippen LogP contribution in [0.15, 0.2) is 52.1 Å². The fourth-order valence-corrected chi connectivity index (χ4v) is 3.39. The first kappa shape index (κ1) is 20.5. The van der Waals surface area contributed by atoms with Crippen molar-refractivity contribution in [3.63, 3.8) is 0 Å². The van der Waals surface area contributed by atoms with Gasteiger partial charge in [-0.05, 0) is 31.2 Å². The fourth-order valence-electron chi connectivity index (χ4n) is 3.39. The molecule has 2 heterocycles. The van der Waals surface area contributed by atoms with Crippen LogP contribution in [0.2, 0.25) is 0 Å². The highest BCUT2D eigenvalue weighted by Crippen LogP contribution is 2.40. The van der Waals surface area contributed by atoms with Crippen molar-refractivity contribution in [2.75, 3.05) is 18.4 Å². The molecule has 0 saturated heterocycles. The SMILES string of the molecule is CCNc1ccc2c(-c3[nH]cnc3C(=O)O)c3cc/c(=N/CC(F)(F)F)cc-3oc2c1. The number of carbonyl (C=O) groups is 1. The van der Waals surface area contributed by atoms with E-state index in [9.17, 15) is 23.1 Å². The number of carboxylic acid groups (broad SMARTS) is 1. The molecular weight excluding hydrogens is 413 g/mol. The van der Waals surface area contributed by atoms with Gasteiger partial charge in [-0.15, -0.1) is 0 Å². The summed E-state index contributed by atoms with van der Waals surface area (Å²) in [7, 11) is 0. The maximum atomic E-state index is 12.6. The number of fused-ring (bicyclic) bond motifs is 2. The molecule has 0 fully saturated rings. The second kappa shape index (κ2) is 7.78. The minimum absolute atomic E-state index is 0.102. The summed E-state index contributed by atoms with van der Waals surface area (Å²) >= 11 is 0. The number of aromatic amines is 1. The maximum absolute atomic E-state index is 12.6. The van der Waals surface area contributed by atoms with Gasteiger partial charge >= 0.3 is 12.1 Å². The summed E-state index contributed by atoms with van der Waals surface area (Å²) < 4.78 is 43.7. The molecule has 3 N–H and O–H groups in total. The van der Waals surface area contributed by atoms with E-state index in [1.165, 1.54) is 18.5 Å². The summed E-state index contributed by atoms with van der Waals surface area (Å²) in [5.41, 5.74) is 2.35. The summed E-state index contributed by atoms with van der Waals surface area (Å²) in [6, 6.07) is 9.77. The maximum Gasteiger partial charge on any atom is 0.407 e. The van der Waals surface area contributed by atoms with E-state index in [2.05, 4.69) is 20.3 Å². The molecule has 7 nitrogen and oxygen atoms in total. The molecule has 0 saturated carbocycles. The zero-order chi connectivity index (χ0) is 22.2. The molecule has 10 heteroatoms. The van der Waals surface area contributed by atoms with Crippen LogP contribution < -0.4 is 10.7 Å². The summed E-state index contributed by atoms with van der Waals surface area (Å²) in [4.78, 5) is 22.0. The lowest BCUT2D eigenvalue weighted by Gasteiger charge is -2.15. The number of anilines is 1. The van der Waals surface area contributed by atoms with Gasteiger partial charge in [-0.2, -0.15) is 13.2 Å². The number of H-pyrrole nitrogens is 1. The van der Waals surface area contributed by atoms with Gasteiger partial charge in [-0.3, -0.25) is 4.99 Å². The van der Waals surface area contributed by atoms with E-state index in [4.69, 9.17) is 4.42 Å². The van der Waals surface area contributed by atoms with Crippen molar-refractivity contribution in [2.45, 2.75) is 13.1 Å². The number of halogens is 3. The van der Waals surface area contributed by atoms with E-state index in [0.717, 1.165) is 5.69 Å². The van der Waals surface area contributed by atoms with Gasteiger partial charge in [0.2, 0.25) is 0 Å². The summed E-state index contributed by atoms with van der Waals surface area (Å²) in [5.74, 6) is -0.940. The predicted molar refractivity (Wildman–Crippen MR) is 108 cm³/mol. The third-order valence-corrected chi connectivity index (χ3v) is 4.62. The molecule has 0 spiro atoms. The average molecular weight is 430 g/mol. The highest BCUT2D eigenvalue weighted by molar-refractivity contribution is 6.06. The Morgan fingerprint density at radius 3 is 2.77 bits per heavy atom. The number of carboxylic acids is 1. The Morgan fingerprint density at radius 1 is 1.26 bits per heavy atom. The second-order valence-corrected chi connectivity index (χ2v) is 6.76. The Kier molecular flexibility index (Phi) is 5.14. The lowest BCUT2D eigenvalue weighted by atomic mass is 9.96. The van der Waals surface area contributed by atoms with Crippen LogP contribution in [0.1, 0.15) is 17.4 Å². The highest BCUT2D eigenvalue weighted by atomic mass is 19.4. The molecule has 1 aliphatic heterocycles. The molecule has 2 aromatic rings. The third kappa shape index (κ3) is 4.09. The smallest absolute Gasteiger partial charge is 0.407 e. The van der Waals surface area contributed by atoms with Crippen LogP contribution in [0.3, 0.4) is 0 Å². The predicted octanol–water partition coefficient (Wildman–Crippen LogP) is 4.52. The van der Waals surface area contributed by atoms with E-state index < -0.39 is 18.7 Å². The minimum Gasteiger partial charge on any atom is -0.476 e. The molecule has 0 bridgehead atoms. The number of nitrogens with one attached hydrogen (secondary N) is 2. The average Bonchev–Trinajstić information content (AvgIpc) is 3.19. The van der Waals surface area contributed by atoms with E-state index in [1.807, 2.05) is 13.0 Å². The molecule has 0 amide bonds. The number of hydrogen-bond acceptors (Lipinski definition) is 5. The molecule has 0 atom stereocenters. The number of nitrogens with zero attached hydrogens (tertiary/aromatic N) is 2. The van der Waals surface area contributed by atoms with E-state index in [1.54, 1.807) is 18.2 Å². The van der Waals surface area contributed by atoms with Crippen molar-refractivity contribution in [3.05, 3.63) is 53.8 Å². The van der Waals surface area contributed by atoms with Crippen molar-refractivity contribution in [1.29, 1.82) is 0 Å². The van der Waals surface area contributed by atoms with Gasteiger partial charge in [-0.1, -0.05) is 0 Å². The number of aromatic nitrogens is 2. The van der Waals surface area contributed by atoms with Crippen LogP contribution in [-0.4, -0.2) is 40.3 Å². The molecule has 4 rings (SSSR count). The van der Waals surface area contributed by atoms with Gasteiger partial charge in [0.15, 0.2) is 5.69 Å². The highest BCUT2D eigenvalue weighted by Gasteiger charge is 2.26. The second-order valence-electron chi connectivity index (χ2n) is 6.76. The normalized spacial score (nSPS) is 12.6. The first-order chi connectivity index (χ1) is 14.8. The Hall–Kier alpha value is -3.82. The van der Waals surface area contributed by atoms with Crippen molar-refractivity contribution in [3.8, 4) is 22.6 Å². The molecule has 0 radical (unpaired) electrons. The molecule has 1 aromatic heterocycles. The Morgan fingerprint density at radius 2 is 2.06 bits per heavy atom. The molecule has 1 aliphatic carbocycles. The summed E-state index contributed by atoms with van der Waals surface area (Å²) in [5, 5.41) is 13.4. The topological polar surface area (TPSA) is 104 Å². The van der Waals surface area contributed by atoms with Gasteiger partial charge in [-0.25, -0.2) is 9.78 Å². The standard InChI is InChI=1S/C21H17F3N4O3/c1-2-25-11-3-5-13-15(7-11)31-16-8-12(26-9-21(22,23)24)4-6-14(16)17(13)18-19(20(29)30)28-10-27-18/h3-8,10,25H,2,9H2,1H3,(H,27,28)(H,29,30)/b26-12-. The number of benzene rings is 2. The summed E-state index contributed by atoms with van der Waals surface area (Å²) in [6.45, 7) is 1.30. The number of aromatic carboxylic acids is 1. The van der Waals surface area contributed by atoms with Gasteiger partial charge in [0, 0.05) is 40.9 Å². The molecule has 0 unspecified atom stereocenters. The van der Waals surface area contributed by atoms with Gasteiger partial charge < -0.3 is 19.8 Å². The molecule has 2 aliphatic rings. The first-order valence-electron chi connectivity index (χ1n) is 9.35. The van der Waals surface area contributed by atoms with Crippen molar-refractivity contribution >= 4 is 22.6 Å². The zero-order valence-corrected chi connectivity index (χ0v) is 16.2. The van der Waals surface area contributed by atoms with Crippen LogP contribution in [-0.2, 0) is 0 Å². The Balaban J connectivity index is 2.02. The lowest BCUT2D eigenvalue weighted by molar-refractivity contribution is -0.118. The van der Waals surface area contributed by atoms with Gasteiger partial charge in [0.1, 0.15) is 17.9 Å². The van der Waals surface area contributed by atoms with Crippen LogP contribution in [0.4, 0.5) is 18.9 Å².